The van der Waals surface area contributed by atoms with Crippen molar-refractivity contribution in [3.63, 3.8) is 0 Å². The van der Waals surface area contributed by atoms with Crippen LogP contribution < -0.4 is 4.90 Å². The topological polar surface area (TPSA) is 40.5 Å². The molecule has 0 aliphatic carbocycles. The van der Waals surface area contributed by atoms with Crippen molar-refractivity contribution in [3.8, 4) is 0 Å². The van der Waals surface area contributed by atoms with Crippen molar-refractivity contribution in [2.45, 2.75) is 19.8 Å². The first-order valence-corrected chi connectivity index (χ1v) is 7.83. The Kier molecular flexibility index (Phi) is 5.58. The van der Waals surface area contributed by atoms with E-state index in [-0.39, 0.29) is 11.5 Å². The molecule has 23 heavy (non-hydrogen) atoms. The zero-order valence-corrected chi connectivity index (χ0v) is 13.9. The lowest BCUT2D eigenvalue weighted by Gasteiger charge is -2.12. The number of nitrogens with zero attached hydrogens (tertiary/aromatic N) is 1. The van der Waals surface area contributed by atoms with Gasteiger partial charge < -0.3 is 10.0 Å². The lowest BCUT2D eigenvalue weighted by molar-refractivity contribution is 0.104. The molecule has 0 saturated carbocycles. The Morgan fingerprint density at radius 3 is 2.09 bits per heavy atom. The Morgan fingerprint density at radius 2 is 1.57 bits per heavy atom. The molecule has 0 spiro atoms. The van der Waals surface area contributed by atoms with Crippen LogP contribution in [0.1, 0.15) is 34.8 Å². The fourth-order valence-electron chi connectivity index (χ4n) is 2.35. The summed E-state index contributed by atoms with van der Waals surface area (Å²) in [4.78, 5) is 14.2. The van der Waals surface area contributed by atoms with Crippen LogP contribution in [0.15, 0.2) is 54.6 Å². The number of allylic oxidation sites excluding steroid dienone is 1. The predicted molar refractivity (Wildman–Crippen MR) is 96.1 cm³/mol. The smallest absolute Gasteiger partial charge is 0.189 e. The molecule has 0 heterocycles. The lowest BCUT2D eigenvalue weighted by atomic mass is 10.0. The second kappa shape index (κ2) is 7.63. The van der Waals surface area contributed by atoms with E-state index >= 15 is 0 Å². The predicted octanol–water partition coefficient (Wildman–Crippen LogP) is 4.49. The minimum atomic E-state index is -0.192. The van der Waals surface area contributed by atoms with E-state index in [2.05, 4.69) is 6.92 Å². The number of aryl methyl sites for hydroxylation is 1. The monoisotopic (exact) mass is 309 g/mol. The van der Waals surface area contributed by atoms with E-state index < -0.39 is 0 Å². The average molecular weight is 309 g/mol. The van der Waals surface area contributed by atoms with E-state index in [1.807, 2.05) is 55.4 Å². The Hall–Kier alpha value is -2.55. The maximum absolute atomic E-state index is 12.2. The normalized spacial score (nSPS) is 11.3. The van der Waals surface area contributed by atoms with Gasteiger partial charge in [0.2, 0.25) is 0 Å². The first-order chi connectivity index (χ1) is 11.0. The second-order valence-corrected chi connectivity index (χ2v) is 5.78. The molecule has 0 aromatic heterocycles. The van der Waals surface area contributed by atoms with Crippen molar-refractivity contribution in [3.05, 3.63) is 71.3 Å². The van der Waals surface area contributed by atoms with Gasteiger partial charge in [0.25, 0.3) is 0 Å². The van der Waals surface area contributed by atoms with E-state index in [1.165, 1.54) is 11.6 Å². The number of hydrogen-bond donors (Lipinski definition) is 1. The van der Waals surface area contributed by atoms with Gasteiger partial charge in [0.05, 0.1) is 0 Å². The quantitative estimate of drug-likeness (QED) is 0.485. The molecular weight excluding hydrogens is 286 g/mol. The minimum Gasteiger partial charge on any atom is -0.507 e. The van der Waals surface area contributed by atoms with Gasteiger partial charge in [-0.1, -0.05) is 37.6 Å². The molecular formula is C20H23NO2. The van der Waals surface area contributed by atoms with Crippen LogP contribution in [0.4, 0.5) is 5.69 Å². The van der Waals surface area contributed by atoms with Crippen LogP contribution in [-0.2, 0) is 6.42 Å². The highest BCUT2D eigenvalue weighted by molar-refractivity contribution is 6.07. The third-order valence-electron chi connectivity index (χ3n) is 3.72. The zero-order chi connectivity index (χ0) is 16.8. The third-order valence-corrected chi connectivity index (χ3v) is 3.72. The molecule has 0 atom stereocenters. The molecule has 2 aromatic carbocycles. The molecule has 3 heteroatoms. The summed E-state index contributed by atoms with van der Waals surface area (Å²) in [5.41, 5.74) is 3.48. The number of carbonyl (C=O) groups is 1. The molecule has 0 saturated heterocycles. The van der Waals surface area contributed by atoms with Gasteiger partial charge in [-0.3, -0.25) is 4.79 Å². The van der Waals surface area contributed by atoms with Crippen LogP contribution in [0.25, 0.3) is 5.76 Å². The fourth-order valence-corrected chi connectivity index (χ4v) is 2.35. The Bertz CT molecular complexity index is 683. The molecule has 120 valence electrons. The maximum atomic E-state index is 12.2. The molecule has 0 radical (unpaired) electrons. The van der Waals surface area contributed by atoms with Crippen LogP contribution in [-0.4, -0.2) is 25.0 Å². The summed E-state index contributed by atoms with van der Waals surface area (Å²) in [7, 11) is 3.91. The minimum absolute atomic E-state index is 0.0158. The van der Waals surface area contributed by atoms with Crippen LogP contribution in [0, 0.1) is 0 Å². The zero-order valence-electron chi connectivity index (χ0n) is 13.9. The molecule has 2 aromatic rings. The van der Waals surface area contributed by atoms with Crippen molar-refractivity contribution in [2.24, 2.45) is 0 Å². The van der Waals surface area contributed by atoms with Crippen LogP contribution in [0.3, 0.4) is 0 Å². The van der Waals surface area contributed by atoms with E-state index in [0.717, 1.165) is 18.5 Å². The van der Waals surface area contributed by atoms with E-state index in [0.29, 0.717) is 11.1 Å². The number of rotatable bonds is 6. The summed E-state index contributed by atoms with van der Waals surface area (Å²) in [6.45, 7) is 2.13. The van der Waals surface area contributed by atoms with Crippen LogP contribution >= 0.6 is 0 Å². The van der Waals surface area contributed by atoms with Gasteiger partial charge in [-0.25, -0.2) is 0 Å². The van der Waals surface area contributed by atoms with Crippen LogP contribution in [0.5, 0.6) is 0 Å². The molecule has 0 bridgehead atoms. The van der Waals surface area contributed by atoms with Gasteiger partial charge >= 0.3 is 0 Å². The van der Waals surface area contributed by atoms with Gasteiger partial charge in [-0.15, -0.1) is 0 Å². The van der Waals surface area contributed by atoms with Crippen molar-refractivity contribution in [1.29, 1.82) is 0 Å². The van der Waals surface area contributed by atoms with Crippen LogP contribution in [0.2, 0.25) is 0 Å². The van der Waals surface area contributed by atoms with Crippen molar-refractivity contribution in [1.82, 2.24) is 0 Å². The third kappa shape index (κ3) is 4.46. The summed E-state index contributed by atoms with van der Waals surface area (Å²) in [5, 5.41) is 10.1. The number of ketones is 1. The molecule has 0 unspecified atom stereocenters. The number of anilines is 1. The first-order valence-electron chi connectivity index (χ1n) is 7.83. The number of carbonyl (C=O) groups excluding carboxylic acids is 1. The van der Waals surface area contributed by atoms with Gasteiger partial charge in [-0.05, 0) is 36.2 Å². The number of aliphatic hydroxyl groups is 1. The molecule has 0 fully saturated rings. The fraction of sp³-hybridized carbons (Fsp3) is 0.250. The molecule has 1 N–H and O–H groups in total. The van der Waals surface area contributed by atoms with Gasteiger partial charge in [0.1, 0.15) is 5.76 Å². The van der Waals surface area contributed by atoms with E-state index in [4.69, 9.17) is 0 Å². The summed E-state index contributed by atoms with van der Waals surface area (Å²) in [6, 6.07) is 15.0. The average Bonchev–Trinajstić information content (AvgIpc) is 2.55. The lowest BCUT2D eigenvalue weighted by Crippen LogP contribution is -2.08. The molecule has 3 nitrogen and oxygen atoms in total. The number of hydrogen-bond acceptors (Lipinski definition) is 3. The molecule has 0 aliphatic heterocycles. The summed E-state index contributed by atoms with van der Waals surface area (Å²) < 4.78 is 0. The Morgan fingerprint density at radius 1 is 1.00 bits per heavy atom. The maximum Gasteiger partial charge on any atom is 0.189 e. The number of aliphatic hydroxyl groups excluding tert-OH is 1. The first kappa shape index (κ1) is 16.8. The summed E-state index contributed by atoms with van der Waals surface area (Å²) >= 11 is 0. The highest BCUT2D eigenvalue weighted by Gasteiger charge is 2.07. The molecule has 2 rings (SSSR count). The highest BCUT2D eigenvalue weighted by Crippen LogP contribution is 2.18. The number of benzene rings is 2. The van der Waals surface area contributed by atoms with E-state index in [9.17, 15) is 9.90 Å². The molecule has 0 aliphatic rings. The van der Waals surface area contributed by atoms with E-state index in [1.54, 1.807) is 12.1 Å². The van der Waals surface area contributed by atoms with Crippen molar-refractivity contribution < 1.29 is 9.90 Å². The highest BCUT2D eigenvalue weighted by atomic mass is 16.3. The standard InChI is InChI=1S/C20H23NO2/c1-4-5-15-6-8-16(9-7-15)19(22)14-20(23)17-10-12-18(13-11-17)21(2)3/h6-14,23H,4-5H2,1-3H3/b20-14+. The van der Waals surface area contributed by atoms with Gasteiger partial charge in [0.15, 0.2) is 5.78 Å². The Balaban J connectivity index is 2.14. The summed E-state index contributed by atoms with van der Waals surface area (Å²) in [6.07, 6.45) is 3.37. The van der Waals surface area contributed by atoms with Gasteiger partial charge in [0, 0.05) is 37.0 Å². The Labute approximate surface area is 137 Å². The summed E-state index contributed by atoms with van der Waals surface area (Å²) in [5.74, 6) is -0.208. The van der Waals surface area contributed by atoms with Gasteiger partial charge in [-0.2, -0.15) is 0 Å². The second-order valence-electron chi connectivity index (χ2n) is 5.78. The SMILES string of the molecule is CCCc1ccc(C(=O)/C=C(/O)c2ccc(N(C)C)cc2)cc1. The van der Waals surface area contributed by atoms with Crippen molar-refractivity contribution in [2.75, 3.05) is 19.0 Å². The van der Waals surface area contributed by atoms with Crippen molar-refractivity contribution >= 4 is 17.2 Å². The largest absolute Gasteiger partial charge is 0.507 e. The molecule has 0 amide bonds.